The van der Waals surface area contributed by atoms with Gasteiger partial charge in [0.2, 0.25) is 0 Å². The third-order valence-corrected chi connectivity index (χ3v) is 3.85. The van der Waals surface area contributed by atoms with Gasteiger partial charge in [0.15, 0.2) is 0 Å². The third-order valence-electron chi connectivity index (χ3n) is 2.44. The van der Waals surface area contributed by atoms with Crippen LogP contribution in [0.3, 0.4) is 0 Å². The van der Waals surface area contributed by atoms with Crippen LogP contribution in [-0.4, -0.2) is 16.5 Å². The Morgan fingerprint density at radius 2 is 2.00 bits per heavy atom. The second-order valence-electron chi connectivity index (χ2n) is 3.41. The predicted octanol–water partition coefficient (Wildman–Crippen LogP) is 1.84. The summed E-state index contributed by atoms with van der Waals surface area (Å²) in [6.07, 6.45) is 0. The van der Waals surface area contributed by atoms with Gasteiger partial charge < -0.3 is 5.32 Å². The summed E-state index contributed by atoms with van der Waals surface area (Å²) in [5, 5.41) is 3.27. The highest BCUT2D eigenvalue weighted by molar-refractivity contribution is 7.85. The summed E-state index contributed by atoms with van der Waals surface area (Å²) in [5.41, 5.74) is 3.52. The zero-order chi connectivity index (χ0) is 9.42. The van der Waals surface area contributed by atoms with E-state index in [1.807, 2.05) is 6.07 Å². The van der Waals surface area contributed by atoms with E-state index in [-0.39, 0.29) is 0 Å². The van der Waals surface area contributed by atoms with Crippen molar-refractivity contribution in [3.05, 3.63) is 23.3 Å². The molecule has 13 heavy (non-hydrogen) atoms. The number of fused-ring (bicyclic) bond motifs is 1. The molecule has 0 radical (unpaired) electrons. The maximum atomic E-state index is 11.6. The van der Waals surface area contributed by atoms with Crippen LogP contribution >= 0.6 is 0 Å². The van der Waals surface area contributed by atoms with Crippen LogP contribution in [0.4, 0.5) is 5.69 Å². The number of hydrogen-bond donors (Lipinski definition) is 1. The Hall–Kier alpha value is -0.830. The first kappa shape index (κ1) is 8.75. The molecular formula is C10H13NOS. The smallest absolute Gasteiger partial charge is 0.0622 e. The van der Waals surface area contributed by atoms with Gasteiger partial charge in [0.25, 0.3) is 0 Å². The van der Waals surface area contributed by atoms with E-state index in [0.29, 0.717) is 0 Å². The zero-order valence-corrected chi connectivity index (χ0v) is 8.70. The number of aryl methyl sites for hydroxylation is 2. The summed E-state index contributed by atoms with van der Waals surface area (Å²) in [7, 11) is -0.796. The van der Waals surface area contributed by atoms with Gasteiger partial charge in [0.05, 0.1) is 21.4 Å². The van der Waals surface area contributed by atoms with Gasteiger partial charge in [-0.15, -0.1) is 0 Å². The Labute approximate surface area is 80.8 Å². The highest BCUT2D eigenvalue weighted by Gasteiger charge is 2.15. The highest BCUT2D eigenvalue weighted by Crippen LogP contribution is 2.26. The molecular weight excluding hydrogens is 182 g/mol. The molecule has 3 heteroatoms. The van der Waals surface area contributed by atoms with E-state index in [4.69, 9.17) is 0 Å². The van der Waals surface area contributed by atoms with E-state index < -0.39 is 10.8 Å². The van der Waals surface area contributed by atoms with Gasteiger partial charge in [0, 0.05) is 12.3 Å². The Balaban J connectivity index is 2.58. The van der Waals surface area contributed by atoms with Gasteiger partial charge in [-0.3, -0.25) is 4.21 Å². The second kappa shape index (κ2) is 3.14. The molecule has 0 amide bonds. The Kier molecular flexibility index (Phi) is 2.12. The lowest BCUT2D eigenvalue weighted by molar-refractivity contribution is 0.682. The van der Waals surface area contributed by atoms with E-state index >= 15 is 0 Å². The molecule has 0 fully saturated rings. The molecule has 70 valence electrons. The van der Waals surface area contributed by atoms with Gasteiger partial charge in [-0.2, -0.15) is 0 Å². The number of benzene rings is 1. The summed E-state index contributed by atoms with van der Waals surface area (Å²) in [4.78, 5) is 0.967. The maximum Gasteiger partial charge on any atom is 0.0622 e. The summed E-state index contributed by atoms with van der Waals surface area (Å²) >= 11 is 0. The van der Waals surface area contributed by atoms with Crippen molar-refractivity contribution in [1.82, 2.24) is 0 Å². The fourth-order valence-corrected chi connectivity index (χ4v) is 2.70. The van der Waals surface area contributed by atoms with Crippen LogP contribution in [0.5, 0.6) is 0 Å². The average molecular weight is 195 g/mol. The van der Waals surface area contributed by atoms with Crippen LogP contribution in [-0.2, 0) is 10.8 Å². The number of nitrogens with one attached hydrogen (secondary N) is 1. The van der Waals surface area contributed by atoms with Crippen molar-refractivity contribution < 1.29 is 4.21 Å². The van der Waals surface area contributed by atoms with E-state index in [1.54, 1.807) is 0 Å². The van der Waals surface area contributed by atoms with E-state index in [9.17, 15) is 4.21 Å². The fraction of sp³-hybridized carbons (Fsp3) is 0.400. The Morgan fingerprint density at radius 1 is 1.31 bits per heavy atom. The van der Waals surface area contributed by atoms with Crippen LogP contribution in [0.15, 0.2) is 17.0 Å². The van der Waals surface area contributed by atoms with Crippen LogP contribution < -0.4 is 5.32 Å². The van der Waals surface area contributed by atoms with E-state index in [1.165, 1.54) is 11.1 Å². The van der Waals surface area contributed by atoms with Crippen LogP contribution in [0.25, 0.3) is 0 Å². The SMILES string of the molecule is Cc1cc2c(cc1C)S(=O)CCN2. The van der Waals surface area contributed by atoms with Crippen molar-refractivity contribution in [1.29, 1.82) is 0 Å². The molecule has 1 N–H and O–H groups in total. The normalized spacial score (nSPS) is 20.6. The van der Waals surface area contributed by atoms with Gasteiger partial charge in [-0.1, -0.05) is 0 Å². The molecule has 0 bridgehead atoms. The standard InChI is InChI=1S/C10H13NOS/c1-7-5-9-10(6-8(7)2)13(12)4-3-11-9/h5-6,11H,3-4H2,1-2H3. The lowest BCUT2D eigenvalue weighted by Gasteiger charge is -2.18. The first-order valence-corrected chi connectivity index (χ1v) is 5.74. The molecule has 1 aromatic rings. The van der Waals surface area contributed by atoms with Crippen molar-refractivity contribution in [2.45, 2.75) is 18.7 Å². The number of rotatable bonds is 0. The molecule has 1 unspecified atom stereocenters. The molecule has 1 aliphatic rings. The summed E-state index contributed by atoms with van der Waals surface area (Å²) in [5.74, 6) is 0.732. The van der Waals surface area contributed by atoms with Crippen LogP contribution in [0.2, 0.25) is 0 Å². The lowest BCUT2D eigenvalue weighted by Crippen LogP contribution is -2.19. The van der Waals surface area contributed by atoms with Crippen molar-refractivity contribution >= 4 is 16.5 Å². The molecule has 0 saturated heterocycles. The van der Waals surface area contributed by atoms with Crippen molar-refractivity contribution in [3.63, 3.8) is 0 Å². The Bertz CT molecular complexity index is 373. The third kappa shape index (κ3) is 1.48. The molecule has 2 rings (SSSR count). The van der Waals surface area contributed by atoms with Gasteiger partial charge in [0.1, 0.15) is 0 Å². The lowest BCUT2D eigenvalue weighted by atomic mass is 10.1. The molecule has 2 nitrogen and oxygen atoms in total. The molecule has 1 heterocycles. The Morgan fingerprint density at radius 3 is 2.77 bits per heavy atom. The molecule has 0 aliphatic carbocycles. The molecule has 0 aromatic heterocycles. The summed E-state index contributed by atoms with van der Waals surface area (Å²) in [6.45, 7) is 4.96. The van der Waals surface area contributed by atoms with Gasteiger partial charge in [-0.05, 0) is 37.1 Å². The van der Waals surface area contributed by atoms with Crippen molar-refractivity contribution in [2.75, 3.05) is 17.6 Å². The van der Waals surface area contributed by atoms with E-state index in [2.05, 4.69) is 25.2 Å². The zero-order valence-electron chi connectivity index (χ0n) is 7.89. The molecule has 0 spiro atoms. The maximum absolute atomic E-state index is 11.6. The molecule has 0 saturated carbocycles. The fourth-order valence-electron chi connectivity index (χ4n) is 1.50. The van der Waals surface area contributed by atoms with Gasteiger partial charge >= 0.3 is 0 Å². The van der Waals surface area contributed by atoms with Crippen LogP contribution in [0.1, 0.15) is 11.1 Å². The monoisotopic (exact) mass is 195 g/mol. The van der Waals surface area contributed by atoms with E-state index in [0.717, 1.165) is 22.9 Å². The minimum atomic E-state index is -0.796. The predicted molar refractivity (Wildman–Crippen MR) is 55.7 cm³/mol. The largest absolute Gasteiger partial charge is 0.383 e. The topological polar surface area (TPSA) is 29.1 Å². The number of hydrogen-bond acceptors (Lipinski definition) is 2. The minimum absolute atomic E-state index is 0.732. The quantitative estimate of drug-likeness (QED) is 0.684. The first-order chi connectivity index (χ1) is 6.18. The van der Waals surface area contributed by atoms with Crippen molar-refractivity contribution in [2.24, 2.45) is 0 Å². The summed E-state index contributed by atoms with van der Waals surface area (Å²) < 4.78 is 11.6. The second-order valence-corrected chi connectivity index (χ2v) is 4.95. The molecule has 1 aliphatic heterocycles. The minimum Gasteiger partial charge on any atom is -0.383 e. The van der Waals surface area contributed by atoms with Crippen LogP contribution in [0, 0.1) is 13.8 Å². The number of anilines is 1. The molecule has 1 aromatic carbocycles. The highest BCUT2D eigenvalue weighted by atomic mass is 32.2. The molecule has 1 atom stereocenters. The average Bonchev–Trinajstić information content (AvgIpc) is 2.09. The summed E-state index contributed by atoms with van der Waals surface area (Å²) in [6, 6.07) is 4.12. The van der Waals surface area contributed by atoms with Crippen molar-refractivity contribution in [3.8, 4) is 0 Å². The van der Waals surface area contributed by atoms with Gasteiger partial charge in [-0.25, -0.2) is 0 Å². The first-order valence-electron chi connectivity index (χ1n) is 4.42.